The molecule has 0 spiro atoms. The molecule has 0 heterocycles. The molecule has 0 unspecified atom stereocenters. The van der Waals surface area contributed by atoms with E-state index in [-0.39, 0.29) is 5.57 Å². The quantitative estimate of drug-likeness (QED) is 0.289. The Morgan fingerprint density at radius 3 is 2.66 bits per heavy atom. The van der Waals surface area contributed by atoms with E-state index in [4.69, 9.17) is 21.1 Å². The van der Waals surface area contributed by atoms with Crippen molar-refractivity contribution in [3.8, 4) is 17.6 Å². The van der Waals surface area contributed by atoms with E-state index in [1.807, 2.05) is 49.4 Å². The third-order valence-corrected chi connectivity index (χ3v) is 5.42. The van der Waals surface area contributed by atoms with Gasteiger partial charge >= 0.3 is 0 Å². The fourth-order valence-corrected chi connectivity index (χ4v) is 3.75. The second-order valence-electron chi connectivity index (χ2n) is 6.89. The molecule has 0 aliphatic rings. The monoisotopic (exact) mass is 510 g/mol. The predicted octanol–water partition coefficient (Wildman–Crippen LogP) is 6.54. The van der Waals surface area contributed by atoms with Gasteiger partial charge in [0, 0.05) is 10.7 Å². The number of ether oxygens (including phenoxy) is 2. The smallest absolute Gasteiger partial charge is 0.266 e. The number of carbonyl (C=O) groups excluding carboxylic acids is 1. The van der Waals surface area contributed by atoms with Crippen molar-refractivity contribution in [2.75, 3.05) is 12.4 Å². The first kappa shape index (κ1) is 23.4. The zero-order valence-electron chi connectivity index (χ0n) is 17.5. The van der Waals surface area contributed by atoms with Gasteiger partial charge in [0.1, 0.15) is 18.2 Å². The molecular weight excluding hydrogens is 492 g/mol. The van der Waals surface area contributed by atoms with Crippen molar-refractivity contribution in [3.63, 3.8) is 0 Å². The Bertz CT molecular complexity index is 1220. The van der Waals surface area contributed by atoms with Crippen LogP contribution < -0.4 is 14.8 Å². The van der Waals surface area contributed by atoms with E-state index in [1.54, 1.807) is 24.3 Å². The molecule has 1 amide bonds. The van der Waals surface area contributed by atoms with Crippen molar-refractivity contribution >= 4 is 45.2 Å². The molecule has 3 rings (SSSR count). The van der Waals surface area contributed by atoms with Gasteiger partial charge in [-0.1, -0.05) is 41.9 Å². The lowest BCUT2D eigenvalue weighted by Gasteiger charge is -2.14. The van der Waals surface area contributed by atoms with Crippen LogP contribution in [0.3, 0.4) is 0 Å². The summed E-state index contributed by atoms with van der Waals surface area (Å²) < 4.78 is 12.0. The summed E-state index contributed by atoms with van der Waals surface area (Å²) >= 11 is 9.52. The highest BCUT2D eigenvalue weighted by Crippen LogP contribution is 2.38. The van der Waals surface area contributed by atoms with Crippen LogP contribution in [0.1, 0.15) is 16.7 Å². The number of anilines is 1. The molecule has 0 radical (unpaired) electrons. The number of hydrogen-bond acceptors (Lipinski definition) is 4. The first-order chi connectivity index (χ1) is 15.4. The van der Waals surface area contributed by atoms with Crippen LogP contribution in [0, 0.1) is 18.3 Å². The normalized spacial score (nSPS) is 10.9. The van der Waals surface area contributed by atoms with Crippen LogP contribution in [-0.2, 0) is 11.4 Å². The molecule has 0 fully saturated rings. The van der Waals surface area contributed by atoms with E-state index in [2.05, 4.69) is 21.2 Å². The minimum absolute atomic E-state index is 0.0326. The van der Waals surface area contributed by atoms with E-state index in [9.17, 15) is 10.1 Å². The summed E-state index contributed by atoms with van der Waals surface area (Å²) in [5, 5.41) is 12.9. The number of hydrogen-bond donors (Lipinski definition) is 1. The lowest BCUT2D eigenvalue weighted by atomic mass is 10.1. The van der Waals surface area contributed by atoms with Gasteiger partial charge in [-0.3, -0.25) is 4.79 Å². The molecule has 5 nitrogen and oxygen atoms in total. The van der Waals surface area contributed by atoms with Gasteiger partial charge < -0.3 is 14.8 Å². The zero-order chi connectivity index (χ0) is 23.1. The summed E-state index contributed by atoms with van der Waals surface area (Å²) in [6, 6.07) is 20.2. The second kappa shape index (κ2) is 10.9. The SMILES string of the molecule is COc1cc(/C=C(\C#N)C(=O)Nc2ccccc2C)cc(Br)c1OCc1cccc(Cl)c1. The van der Waals surface area contributed by atoms with E-state index < -0.39 is 5.91 Å². The summed E-state index contributed by atoms with van der Waals surface area (Å²) in [4.78, 5) is 12.6. The van der Waals surface area contributed by atoms with Crippen LogP contribution in [0.5, 0.6) is 11.5 Å². The van der Waals surface area contributed by atoms with Crippen molar-refractivity contribution in [2.24, 2.45) is 0 Å². The number of nitrogens with one attached hydrogen (secondary N) is 1. The molecule has 1 N–H and O–H groups in total. The number of nitriles is 1. The first-order valence-corrected chi connectivity index (χ1v) is 10.8. The lowest BCUT2D eigenvalue weighted by Crippen LogP contribution is -2.14. The van der Waals surface area contributed by atoms with Crippen molar-refractivity contribution in [3.05, 3.63) is 92.4 Å². The number of aryl methyl sites for hydroxylation is 1. The maximum Gasteiger partial charge on any atom is 0.266 e. The highest BCUT2D eigenvalue weighted by Gasteiger charge is 2.15. The summed E-state index contributed by atoms with van der Waals surface area (Å²) in [5.41, 5.74) is 3.05. The molecule has 3 aromatic rings. The Balaban J connectivity index is 1.83. The summed E-state index contributed by atoms with van der Waals surface area (Å²) in [5.74, 6) is 0.481. The predicted molar refractivity (Wildman–Crippen MR) is 130 cm³/mol. The Labute approximate surface area is 200 Å². The standard InChI is InChI=1S/C25H20BrClN2O3/c1-16-6-3-4-9-22(16)29-25(30)19(14-28)10-18-12-21(26)24(23(13-18)31-2)32-15-17-7-5-8-20(27)11-17/h3-13H,15H2,1-2H3,(H,29,30)/b19-10+. The van der Waals surface area contributed by atoms with Gasteiger partial charge in [0.2, 0.25) is 0 Å². The average molecular weight is 512 g/mol. The number of methoxy groups -OCH3 is 1. The highest BCUT2D eigenvalue weighted by molar-refractivity contribution is 9.10. The Morgan fingerprint density at radius 1 is 1.19 bits per heavy atom. The van der Waals surface area contributed by atoms with E-state index in [0.29, 0.717) is 38.9 Å². The molecule has 32 heavy (non-hydrogen) atoms. The molecule has 0 saturated heterocycles. The van der Waals surface area contributed by atoms with E-state index >= 15 is 0 Å². The van der Waals surface area contributed by atoms with Gasteiger partial charge in [-0.25, -0.2) is 0 Å². The largest absolute Gasteiger partial charge is 0.493 e. The number of nitrogens with zero attached hydrogens (tertiary/aromatic N) is 1. The van der Waals surface area contributed by atoms with Gasteiger partial charge in [-0.2, -0.15) is 5.26 Å². The van der Waals surface area contributed by atoms with Crippen molar-refractivity contribution < 1.29 is 14.3 Å². The lowest BCUT2D eigenvalue weighted by molar-refractivity contribution is -0.112. The fraction of sp³-hybridized carbons (Fsp3) is 0.120. The number of para-hydroxylation sites is 1. The van der Waals surface area contributed by atoms with Crippen molar-refractivity contribution in [1.29, 1.82) is 5.26 Å². The molecule has 0 aliphatic carbocycles. The fourth-order valence-electron chi connectivity index (χ4n) is 2.96. The maximum atomic E-state index is 12.6. The topological polar surface area (TPSA) is 71.3 Å². The van der Waals surface area contributed by atoms with Gasteiger partial charge in [0.15, 0.2) is 11.5 Å². The summed E-state index contributed by atoms with van der Waals surface area (Å²) in [6.45, 7) is 2.18. The minimum atomic E-state index is -0.488. The van der Waals surface area contributed by atoms with E-state index in [1.165, 1.54) is 13.2 Å². The number of halogens is 2. The first-order valence-electron chi connectivity index (χ1n) is 9.65. The third kappa shape index (κ3) is 5.91. The van der Waals surface area contributed by atoms with E-state index in [0.717, 1.165) is 11.1 Å². The van der Waals surface area contributed by atoms with Crippen molar-refractivity contribution in [1.82, 2.24) is 0 Å². The molecule has 0 aromatic heterocycles. The summed E-state index contributed by atoms with van der Waals surface area (Å²) in [6.07, 6.45) is 1.50. The van der Waals surface area contributed by atoms with Crippen LogP contribution >= 0.6 is 27.5 Å². The molecular formula is C25H20BrClN2O3. The summed E-state index contributed by atoms with van der Waals surface area (Å²) in [7, 11) is 1.53. The second-order valence-corrected chi connectivity index (χ2v) is 8.18. The number of carbonyl (C=O) groups is 1. The molecule has 7 heteroatoms. The molecule has 0 bridgehead atoms. The van der Waals surface area contributed by atoms with Gasteiger partial charge in [-0.15, -0.1) is 0 Å². The highest BCUT2D eigenvalue weighted by atomic mass is 79.9. The van der Waals surface area contributed by atoms with Gasteiger partial charge in [0.05, 0.1) is 11.6 Å². The van der Waals surface area contributed by atoms with Crippen molar-refractivity contribution in [2.45, 2.75) is 13.5 Å². The minimum Gasteiger partial charge on any atom is -0.493 e. The zero-order valence-corrected chi connectivity index (χ0v) is 19.8. The molecule has 3 aromatic carbocycles. The van der Waals surface area contributed by atoms with Crippen LogP contribution in [0.2, 0.25) is 5.02 Å². The number of rotatable bonds is 7. The van der Waals surface area contributed by atoms with Crippen LogP contribution in [0.25, 0.3) is 6.08 Å². The maximum absolute atomic E-state index is 12.6. The Morgan fingerprint density at radius 2 is 1.97 bits per heavy atom. The van der Waals surface area contributed by atoms with Gasteiger partial charge in [-0.05, 0) is 76.0 Å². The molecule has 0 aliphatic heterocycles. The molecule has 0 saturated carbocycles. The average Bonchev–Trinajstić information content (AvgIpc) is 2.77. The Hall–Kier alpha value is -3.27. The molecule has 0 atom stereocenters. The third-order valence-electron chi connectivity index (χ3n) is 4.59. The Kier molecular flexibility index (Phi) is 7.93. The van der Waals surface area contributed by atoms with Crippen LogP contribution in [-0.4, -0.2) is 13.0 Å². The van der Waals surface area contributed by atoms with Crippen LogP contribution in [0.15, 0.2) is 70.7 Å². The number of amides is 1. The molecule has 162 valence electrons. The van der Waals surface area contributed by atoms with Gasteiger partial charge in [0.25, 0.3) is 5.91 Å². The van der Waals surface area contributed by atoms with Crippen LogP contribution in [0.4, 0.5) is 5.69 Å². The number of benzene rings is 3.